The fraction of sp³-hybridized carbons (Fsp3) is 1.00. The topological polar surface area (TPSA) is 9.23 Å². The van der Waals surface area contributed by atoms with Crippen molar-refractivity contribution in [2.24, 2.45) is 0 Å². The first kappa shape index (κ1) is 8.83. The quantitative estimate of drug-likeness (QED) is 0.330. The van der Waals surface area contributed by atoms with E-state index in [0.29, 0.717) is 0 Å². The minimum Gasteiger partial charge on any atom is -0.431 e. The normalized spacial score (nSPS) is 5.25. The molecule has 0 saturated heterocycles. The van der Waals surface area contributed by atoms with Gasteiger partial charge in [-0.1, -0.05) is 0 Å². The lowest BCUT2D eigenvalue weighted by molar-refractivity contribution is 0.460. The van der Waals surface area contributed by atoms with Gasteiger partial charge in [-0.25, -0.2) is 0 Å². The van der Waals surface area contributed by atoms with Gasteiger partial charge in [-0.15, -0.1) is 0 Å². The van der Waals surface area contributed by atoms with Crippen molar-refractivity contribution in [3.05, 3.63) is 0 Å². The van der Waals surface area contributed by atoms with E-state index in [0.717, 1.165) is 10.5 Å². The van der Waals surface area contributed by atoms with Gasteiger partial charge in [0.25, 0.3) is 0 Å². The van der Waals surface area contributed by atoms with E-state index in [1.165, 1.54) is 0 Å². The van der Waals surface area contributed by atoms with Crippen molar-refractivity contribution in [2.75, 3.05) is 7.11 Å². The molecule has 0 aliphatic rings. The Balaban J connectivity index is 0. The fourth-order valence-electron chi connectivity index (χ4n) is 0. The standard InChI is InChI=1S/CH6OSi.Si/c1-2-3;/h1,3H3;. The molecule has 0 aromatic carbocycles. The average molecular weight is 90.2 g/mol. The van der Waals surface area contributed by atoms with Gasteiger partial charge in [0.05, 0.1) is 0 Å². The molecule has 0 rings (SSSR count). The monoisotopic (exact) mass is 90.0 g/mol. The minimum atomic E-state index is 0. The van der Waals surface area contributed by atoms with Crippen LogP contribution in [0.5, 0.6) is 0 Å². The van der Waals surface area contributed by atoms with Gasteiger partial charge in [0.2, 0.25) is 0 Å². The lowest BCUT2D eigenvalue weighted by atomic mass is 11.8. The fourth-order valence-corrected chi connectivity index (χ4v) is 0. The molecule has 0 bridgehead atoms. The summed E-state index contributed by atoms with van der Waals surface area (Å²) in [5.41, 5.74) is 0. The summed E-state index contributed by atoms with van der Waals surface area (Å²) in [4.78, 5) is 0. The second-order valence-corrected chi connectivity index (χ2v) is 1.22. The maximum absolute atomic E-state index is 4.39. The van der Waals surface area contributed by atoms with Crippen molar-refractivity contribution in [3.8, 4) is 0 Å². The van der Waals surface area contributed by atoms with E-state index in [1.54, 1.807) is 7.11 Å². The zero-order chi connectivity index (χ0) is 2.71. The van der Waals surface area contributed by atoms with Crippen LogP contribution in [0.25, 0.3) is 0 Å². The molecule has 0 atom stereocenters. The predicted molar refractivity (Wildman–Crippen MR) is 22.7 cm³/mol. The van der Waals surface area contributed by atoms with E-state index in [1.807, 2.05) is 0 Å². The Hall–Kier alpha value is 0.394. The van der Waals surface area contributed by atoms with Gasteiger partial charge in [0, 0.05) is 18.1 Å². The van der Waals surface area contributed by atoms with E-state index in [-0.39, 0.29) is 11.0 Å². The van der Waals surface area contributed by atoms with E-state index < -0.39 is 0 Å². The summed E-state index contributed by atoms with van der Waals surface area (Å²) >= 11 is 0. The van der Waals surface area contributed by atoms with Crippen molar-refractivity contribution in [2.45, 2.75) is 0 Å². The predicted octanol–water partition coefficient (Wildman–Crippen LogP) is -1.47. The van der Waals surface area contributed by atoms with Crippen LogP contribution in [0, 0.1) is 0 Å². The van der Waals surface area contributed by atoms with Gasteiger partial charge in [0.15, 0.2) is 0 Å². The Morgan fingerprint density at radius 3 is 1.75 bits per heavy atom. The van der Waals surface area contributed by atoms with Crippen molar-refractivity contribution in [1.29, 1.82) is 0 Å². The molecule has 0 heterocycles. The third kappa shape index (κ3) is 30.0. The maximum Gasteiger partial charge on any atom is 0.145 e. The van der Waals surface area contributed by atoms with Crippen LogP contribution in [-0.4, -0.2) is 28.6 Å². The molecule has 0 aliphatic carbocycles. The van der Waals surface area contributed by atoms with Gasteiger partial charge >= 0.3 is 0 Å². The lowest BCUT2D eigenvalue weighted by Gasteiger charge is -1.61. The van der Waals surface area contributed by atoms with Crippen LogP contribution in [0.1, 0.15) is 0 Å². The molecule has 0 amide bonds. The summed E-state index contributed by atoms with van der Waals surface area (Å²) in [6.45, 7) is 0. The van der Waals surface area contributed by atoms with Gasteiger partial charge < -0.3 is 4.43 Å². The summed E-state index contributed by atoms with van der Waals surface area (Å²) in [7, 11) is 2.56. The molecule has 1 nitrogen and oxygen atoms in total. The van der Waals surface area contributed by atoms with Gasteiger partial charge in [0.1, 0.15) is 10.5 Å². The SMILES string of the molecule is CO[SiH3].[Si]. The minimum absolute atomic E-state index is 0. The van der Waals surface area contributed by atoms with Gasteiger partial charge in [-0.3, -0.25) is 0 Å². The summed E-state index contributed by atoms with van der Waals surface area (Å²) in [6.07, 6.45) is 0. The Morgan fingerprint density at radius 2 is 1.75 bits per heavy atom. The molecule has 24 valence electrons. The van der Waals surface area contributed by atoms with Crippen LogP contribution in [-0.2, 0) is 4.43 Å². The van der Waals surface area contributed by atoms with Crippen LogP contribution in [0.15, 0.2) is 0 Å². The molecule has 0 spiro atoms. The Kier molecular flexibility index (Phi) is 22.1. The highest BCUT2D eigenvalue weighted by atomic mass is 28.2. The average Bonchev–Trinajstić information content (AvgIpc) is 0.918. The van der Waals surface area contributed by atoms with Crippen molar-refractivity contribution >= 4 is 21.5 Å². The maximum atomic E-state index is 4.39. The van der Waals surface area contributed by atoms with Gasteiger partial charge in [-0.2, -0.15) is 0 Å². The molecular formula is CH6OSi2. The second kappa shape index (κ2) is 10.0. The van der Waals surface area contributed by atoms with Crippen molar-refractivity contribution in [3.63, 3.8) is 0 Å². The highest BCUT2D eigenvalue weighted by Crippen LogP contribution is 1.24. The molecule has 4 radical (unpaired) electrons. The molecule has 0 N–H and O–H groups in total. The molecule has 3 heteroatoms. The molecule has 0 aromatic rings. The number of hydrogen-bond donors (Lipinski definition) is 0. The van der Waals surface area contributed by atoms with E-state index >= 15 is 0 Å². The molecular weight excluding hydrogens is 84.2 g/mol. The molecule has 0 fully saturated rings. The van der Waals surface area contributed by atoms with E-state index in [9.17, 15) is 0 Å². The number of rotatable bonds is 0. The van der Waals surface area contributed by atoms with E-state index in [2.05, 4.69) is 4.43 Å². The number of hydrogen-bond acceptors (Lipinski definition) is 1. The highest BCUT2D eigenvalue weighted by Gasteiger charge is 1.27. The van der Waals surface area contributed by atoms with E-state index in [4.69, 9.17) is 0 Å². The zero-order valence-electron chi connectivity index (χ0n) is 2.91. The van der Waals surface area contributed by atoms with Crippen molar-refractivity contribution in [1.82, 2.24) is 0 Å². The van der Waals surface area contributed by atoms with Crippen LogP contribution < -0.4 is 0 Å². The first-order valence-electron chi connectivity index (χ1n) is 0.816. The molecule has 0 unspecified atom stereocenters. The smallest absolute Gasteiger partial charge is 0.145 e. The lowest BCUT2D eigenvalue weighted by Crippen LogP contribution is -1.60. The first-order valence-corrected chi connectivity index (χ1v) is 1.63. The highest BCUT2D eigenvalue weighted by molar-refractivity contribution is 5.97. The zero-order valence-corrected chi connectivity index (χ0v) is 5.91. The van der Waals surface area contributed by atoms with Crippen LogP contribution in [0.3, 0.4) is 0 Å². The van der Waals surface area contributed by atoms with Crippen molar-refractivity contribution < 1.29 is 4.43 Å². The molecule has 4 heavy (non-hydrogen) atoms. The third-order valence-corrected chi connectivity index (χ3v) is 0. The Bertz CT molecular complexity index is 6.00. The molecule has 0 aliphatic heterocycles. The Morgan fingerprint density at radius 1 is 1.75 bits per heavy atom. The second-order valence-electron chi connectivity index (χ2n) is 0.408. The van der Waals surface area contributed by atoms with Crippen LogP contribution >= 0.6 is 0 Å². The van der Waals surface area contributed by atoms with Crippen LogP contribution in [0.4, 0.5) is 0 Å². The van der Waals surface area contributed by atoms with Gasteiger partial charge in [-0.05, 0) is 0 Å². The summed E-state index contributed by atoms with van der Waals surface area (Å²) in [6, 6.07) is 0. The molecule has 0 aromatic heterocycles. The summed E-state index contributed by atoms with van der Waals surface area (Å²) < 4.78 is 4.39. The summed E-state index contributed by atoms with van der Waals surface area (Å²) in [5.74, 6) is 0. The largest absolute Gasteiger partial charge is 0.431 e. The third-order valence-electron chi connectivity index (χ3n) is 0. The summed E-state index contributed by atoms with van der Waals surface area (Å²) in [5, 5.41) is 0. The Labute approximate surface area is 33.9 Å². The van der Waals surface area contributed by atoms with Crippen LogP contribution in [0.2, 0.25) is 0 Å². The molecule has 0 saturated carbocycles. The first-order chi connectivity index (χ1) is 1.41.